The molecule has 0 saturated carbocycles. The summed E-state index contributed by atoms with van der Waals surface area (Å²) in [5.74, 6) is 0.595. The molecule has 1 saturated heterocycles. The van der Waals surface area contributed by atoms with Crippen LogP contribution in [0.15, 0.2) is 12.3 Å². The Kier molecular flexibility index (Phi) is 4.40. The second kappa shape index (κ2) is 6.07. The zero-order valence-electron chi connectivity index (χ0n) is 12.5. The fourth-order valence-corrected chi connectivity index (χ4v) is 2.69. The lowest BCUT2D eigenvalue weighted by atomic mass is 9.91. The summed E-state index contributed by atoms with van der Waals surface area (Å²) in [5.41, 5.74) is 0.0858. The highest BCUT2D eigenvalue weighted by Gasteiger charge is 2.31. The number of nitrogens with one attached hydrogen (secondary N) is 1. The van der Waals surface area contributed by atoms with Gasteiger partial charge in [0.1, 0.15) is 12.0 Å². The summed E-state index contributed by atoms with van der Waals surface area (Å²) in [5, 5.41) is 13.7. The molecule has 2 heterocycles. The molecule has 1 aliphatic heterocycles. The third kappa shape index (κ3) is 2.96. The Morgan fingerprint density at radius 3 is 2.86 bits per heavy atom. The summed E-state index contributed by atoms with van der Waals surface area (Å²) in [6, 6.07) is 1.42. The maximum Gasteiger partial charge on any atom is 0.288 e. The molecule has 0 aliphatic carbocycles. The van der Waals surface area contributed by atoms with Crippen LogP contribution in [0.2, 0.25) is 0 Å². The number of carbonyl (C=O) groups excluding carboxylic acids is 1. The molecule has 1 aromatic heterocycles. The molecule has 2 unspecified atom stereocenters. The number of aromatic nitrogens is 1. The second-order valence-electron chi connectivity index (χ2n) is 5.46. The Morgan fingerprint density at radius 2 is 2.24 bits per heavy atom. The van der Waals surface area contributed by atoms with Gasteiger partial charge >= 0.3 is 0 Å². The molecule has 1 aliphatic rings. The highest BCUT2D eigenvalue weighted by atomic mass is 16.6. The lowest BCUT2D eigenvalue weighted by molar-refractivity contribution is -0.385. The number of hydrogen-bond acceptors (Lipinski definition) is 5. The Balaban J connectivity index is 2.37. The van der Waals surface area contributed by atoms with Gasteiger partial charge in [-0.15, -0.1) is 0 Å². The molecule has 7 nitrogen and oxygen atoms in total. The normalized spacial score (nSPS) is 22.0. The average molecular weight is 292 g/mol. The van der Waals surface area contributed by atoms with Crippen LogP contribution in [0.25, 0.3) is 0 Å². The zero-order chi connectivity index (χ0) is 15.6. The maximum atomic E-state index is 12.7. The van der Waals surface area contributed by atoms with E-state index in [9.17, 15) is 14.9 Å². The largest absolute Gasteiger partial charge is 0.372 e. The summed E-state index contributed by atoms with van der Waals surface area (Å²) in [4.78, 5) is 28.9. The molecule has 1 aromatic rings. The first-order valence-electron chi connectivity index (χ1n) is 7.09. The smallest absolute Gasteiger partial charge is 0.288 e. The van der Waals surface area contributed by atoms with Crippen molar-refractivity contribution in [2.45, 2.75) is 32.7 Å². The Bertz CT molecular complexity index is 561. The lowest BCUT2D eigenvalue weighted by Gasteiger charge is -2.38. The number of pyridine rings is 1. The predicted molar refractivity (Wildman–Crippen MR) is 79.3 cm³/mol. The Hall–Kier alpha value is -2.18. The predicted octanol–water partition coefficient (Wildman–Crippen LogP) is 2.29. The quantitative estimate of drug-likeness (QED) is 0.682. The molecule has 0 bridgehead atoms. The van der Waals surface area contributed by atoms with E-state index in [0.29, 0.717) is 18.3 Å². The van der Waals surface area contributed by atoms with Crippen LogP contribution in [-0.2, 0) is 0 Å². The molecule has 7 heteroatoms. The first-order valence-corrected chi connectivity index (χ1v) is 7.09. The SMILES string of the molecule is CNc1ncc([N+](=O)[O-])cc1C(=O)N1CCCC(C)C1C. The van der Waals surface area contributed by atoms with E-state index >= 15 is 0 Å². The van der Waals surface area contributed by atoms with Crippen molar-refractivity contribution in [3.05, 3.63) is 27.9 Å². The number of carbonyl (C=O) groups is 1. The van der Waals surface area contributed by atoms with Gasteiger partial charge in [-0.25, -0.2) is 4.98 Å². The number of rotatable bonds is 3. The maximum absolute atomic E-state index is 12.7. The van der Waals surface area contributed by atoms with E-state index in [2.05, 4.69) is 17.2 Å². The molecule has 114 valence electrons. The third-order valence-electron chi connectivity index (χ3n) is 4.19. The van der Waals surface area contributed by atoms with E-state index < -0.39 is 4.92 Å². The number of amides is 1. The van der Waals surface area contributed by atoms with Crippen molar-refractivity contribution in [2.24, 2.45) is 5.92 Å². The number of anilines is 1. The zero-order valence-corrected chi connectivity index (χ0v) is 12.5. The molecule has 1 amide bonds. The van der Waals surface area contributed by atoms with E-state index in [0.717, 1.165) is 19.0 Å². The summed E-state index contributed by atoms with van der Waals surface area (Å²) in [7, 11) is 1.65. The first-order chi connectivity index (χ1) is 9.95. The molecule has 1 N–H and O–H groups in total. The van der Waals surface area contributed by atoms with Gasteiger partial charge in [0.15, 0.2) is 0 Å². The van der Waals surface area contributed by atoms with Crippen LogP contribution in [0.1, 0.15) is 37.0 Å². The number of nitro groups is 1. The second-order valence-corrected chi connectivity index (χ2v) is 5.46. The van der Waals surface area contributed by atoms with E-state index in [1.807, 2.05) is 6.92 Å². The third-order valence-corrected chi connectivity index (χ3v) is 4.19. The molecule has 1 fully saturated rings. The molecule has 0 radical (unpaired) electrons. The van der Waals surface area contributed by atoms with Crippen LogP contribution < -0.4 is 5.32 Å². The van der Waals surface area contributed by atoms with Crippen LogP contribution in [0.5, 0.6) is 0 Å². The van der Waals surface area contributed by atoms with Gasteiger partial charge in [0, 0.05) is 25.7 Å². The summed E-state index contributed by atoms with van der Waals surface area (Å²) in [6.45, 7) is 4.82. The van der Waals surface area contributed by atoms with Crippen molar-refractivity contribution >= 4 is 17.4 Å². The molecule has 0 aromatic carbocycles. The van der Waals surface area contributed by atoms with E-state index in [4.69, 9.17) is 0 Å². The van der Waals surface area contributed by atoms with Crippen LogP contribution in [-0.4, -0.2) is 40.3 Å². The standard InChI is InChI=1S/C14H20N4O3/c1-9-5-4-6-17(10(9)2)14(19)12-7-11(18(20)21)8-16-13(12)15-3/h7-10H,4-6H2,1-3H3,(H,15,16). The Labute approximate surface area is 123 Å². The minimum Gasteiger partial charge on any atom is -0.372 e. The van der Waals surface area contributed by atoms with E-state index in [1.54, 1.807) is 11.9 Å². The number of piperidine rings is 1. The van der Waals surface area contributed by atoms with Crippen molar-refractivity contribution in [1.82, 2.24) is 9.88 Å². The van der Waals surface area contributed by atoms with Gasteiger partial charge in [0.2, 0.25) is 0 Å². The van der Waals surface area contributed by atoms with E-state index in [1.165, 1.54) is 6.07 Å². The molecular formula is C14H20N4O3. The number of likely N-dealkylation sites (tertiary alicyclic amines) is 1. The molecule has 2 atom stereocenters. The highest BCUT2D eigenvalue weighted by Crippen LogP contribution is 2.27. The number of nitrogens with zero attached hydrogens (tertiary/aromatic N) is 3. The number of hydrogen-bond donors (Lipinski definition) is 1. The Morgan fingerprint density at radius 1 is 1.52 bits per heavy atom. The van der Waals surface area contributed by atoms with E-state index in [-0.39, 0.29) is 23.2 Å². The fourth-order valence-electron chi connectivity index (χ4n) is 2.69. The van der Waals surface area contributed by atoms with Crippen LogP contribution in [0.4, 0.5) is 11.5 Å². The first kappa shape index (κ1) is 15.2. The van der Waals surface area contributed by atoms with Crippen molar-refractivity contribution < 1.29 is 9.72 Å². The lowest BCUT2D eigenvalue weighted by Crippen LogP contribution is -2.46. The molecule has 2 rings (SSSR count). The van der Waals surface area contributed by atoms with Crippen LogP contribution >= 0.6 is 0 Å². The molecule has 21 heavy (non-hydrogen) atoms. The molecular weight excluding hydrogens is 272 g/mol. The van der Waals surface area contributed by atoms with Gasteiger partial charge in [0.25, 0.3) is 11.6 Å². The topological polar surface area (TPSA) is 88.4 Å². The van der Waals surface area contributed by atoms with Crippen molar-refractivity contribution in [3.8, 4) is 0 Å². The van der Waals surface area contributed by atoms with Gasteiger partial charge < -0.3 is 10.2 Å². The van der Waals surface area contributed by atoms with Crippen LogP contribution in [0.3, 0.4) is 0 Å². The summed E-state index contributed by atoms with van der Waals surface area (Å²) >= 11 is 0. The molecule has 0 spiro atoms. The summed E-state index contributed by atoms with van der Waals surface area (Å²) in [6.07, 6.45) is 3.20. The van der Waals surface area contributed by atoms with Gasteiger partial charge in [-0.2, -0.15) is 0 Å². The van der Waals surface area contributed by atoms with Gasteiger partial charge in [0.05, 0.1) is 10.5 Å². The van der Waals surface area contributed by atoms with Gasteiger partial charge in [-0.1, -0.05) is 6.92 Å². The minimum atomic E-state index is -0.536. The van der Waals surface area contributed by atoms with Crippen molar-refractivity contribution in [3.63, 3.8) is 0 Å². The fraction of sp³-hybridized carbons (Fsp3) is 0.571. The monoisotopic (exact) mass is 292 g/mol. The summed E-state index contributed by atoms with van der Waals surface area (Å²) < 4.78 is 0. The minimum absolute atomic E-state index is 0.121. The van der Waals surface area contributed by atoms with Gasteiger partial charge in [-0.3, -0.25) is 14.9 Å². The average Bonchev–Trinajstić information content (AvgIpc) is 2.48. The highest BCUT2D eigenvalue weighted by molar-refractivity contribution is 5.99. The van der Waals surface area contributed by atoms with Crippen LogP contribution in [0, 0.1) is 16.0 Å². The van der Waals surface area contributed by atoms with Crippen molar-refractivity contribution in [2.75, 3.05) is 18.9 Å². The van der Waals surface area contributed by atoms with Gasteiger partial charge in [-0.05, 0) is 25.7 Å². The van der Waals surface area contributed by atoms with Crippen molar-refractivity contribution in [1.29, 1.82) is 0 Å².